The van der Waals surface area contributed by atoms with Crippen LogP contribution in [-0.4, -0.2) is 36.4 Å². The van der Waals surface area contributed by atoms with E-state index in [9.17, 15) is 0 Å². The van der Waals surface area contributed by atoms with E-state index in [1.54, 1.807) is 6.26 Å². The molecule has 0 aliphatic carbocycles. The lowest BCUT2D eigenvalue weighted by molar-refractivity contribution is -0.0499. The fourth-order valence-corrected chi connectivity index (χ4v) is 2.74. The molecule has 1 fully saturated rings. The van der Waals surface area contributed by atoms with Crippen LogP contribution in [-0.2, 0) is 16.0 Å². The second-order valence-electron chi connectivity index (χ2n) is 5.34. The van der Waals surface area contributed by atoms with Gasteiger partial charge in [-0.3, -0.25) is 0 Å². The van der Waals surface area contributed by atoms with E-state index in [1.165, 1.54) is 24.8 Å². The first-order chi connectivity index (χ1) is 9.92. The molecule has 0 unspecified atom stereocenters. The van der Waals surface area contributed by atoms with Crippen LogP contribution in [0.4, 0.5) is 0 Å². The van der Waals surface area contributed by atoms with Gasteiger partial charge in [0.15, 0.2) is 5.76 Å². The highest BCUT2D eigenvalue weighted by Gasteiger charge is 2.21. The Balaban J connectivity index is 1.68. The van der Waals surface area contributed by atoms with Crippen molar-refractivity contribution in [3.63, 3.8) is 0 Å². The number of piperidine rings is 1. The monoisotopic (exact) mass is 274 g/mol. The van der Waals surface area contributed by atoms with Crippen molar-refractivity contribution < 1.29 is 9.47 Å². The van der Waals surface area contributed by atoms with Crippen LogP contribution in [0.2, 0.25) is 0 Å². The summed E-state index contributed by atoms with van der Waals surface area (Å²) in [5.74, 6) is 0.923. The Morgan fingerprint density at radius 3 is 2.50 bits per heavy atom. The van der Waals surface area contributed by atoms with Crippen molar-refractivity contribution in [1.29, 1.82) is 0 Å². The predicted octanol–water partition coefficient (Wildman–Crippen LogP) is 2.74. The van der Waals surface area contributed by atoms with Gasteiger partial charge < -0.3 is 9.47 Å². The van der Waals surface area contributed by atoms with E-state index in [1.807, 2.05) is 0 Å². The molecule has 0 amide bonds. The molecular formula is C16H22N2O2. The van der Waals surface area contributed by atoms with Crippen molar-refractivity contribution in [2.75, 3.05) is 26.4 Å². The molecule has 0 saturated carbocycles. The van der Waals surface area contributed by atoms with Crippen LogP contribution in [0.3, 0.4) is 0 Å². The molecule has 0 spiro atoms. The van der Waals surface area contributed by atoms with Crippen LogP contribution < -0.4 is 0 Å². The molecule has 2 heterocycles. The van der Waals surface area contributed by atoms with Gasteiger partial charge in [-0.1, -0.05) is 36.8 Å². The smallest absolute Gasteiger partial charge is 0.229 e. The lowest BCUT2D eigenvalue weighted by atomic mass is 10.1. The van der Waals surface area contributed by atoms with Crippen molar-refractivity contribution in [1.82, 2.24) is 10.0 Å². The predicted molar refractivity (Wildman–Crippen MR) is 77.4 cm³/mol. The van der Waals surface area contributed by atoms with Gasteiger partial charge in [0.25, 0.3) is 0 Å². The van der Waals surface area contributed by atoms with Gasteiger partial charge in [0, 0.05) is 19.6 Å². The zero-order valence-electron chi connectivity index (χ0n) is 11.8. The van der Waals surface area contributed by atoms with Crippen LogP contribution in [0.15, 0.2) is 42.4 Å². The molecule has 108 valence electrons. The van der Waals surface area contributed by atoms with Crippen molar-refractivity contribution in [2.24, 2.45) is 0 Å². The molecule has 3 rings (SSSR count). The molecule has 1 aromatic carbocycles. The fraction of sp³-hybridized carbons (Fsp3) is 0.500. The van der Waals surface area contributed by atoms with Gasteiger partial charge in [0.05, 0.1) is 6.54 Å². The first-order valence-electron chi connectivity index (χ1n) is 7.39. The lowest BCUT2D eigenvalue weighted by Crippen LogP contribution is -2.46. The highest BCUT2D eigenvalue weighted by atomic mass is 16.7. The summed E-state index contributed by atoms with van der Waals surface area (Å²) in [6.07, 6.45) is 5.64. The number of ether oxygens (including phenoxy) is 2. The standard InChI is InChI=1S/C16H22N2O2/c1-3-7-15(8-4-1)11-18(12-16-13-19-14-20-16)17-9-5-2-6-10-17/h1,3-4,7-8,13H,2,5-6,9-12,14H2. The summed E-state index contributed by atoms with van der Waals surface area (Å²) in [7, 11) is 0. The van der Waals surface area contributed by atoms with Crippen molar-refractivity contribution in [3.8, 4) is 0 Å². The maximum Gasteiger partial charge on any atom is 0.229 e. The minimum atomic E-state index is 0.356. The molecule has 0 atom stereocenters. The topological polar surface area (TPSA) is 24.9 Å². The van der Waals surface area contributed by atoms with Gasteiger partial charge in [0.2, 0.25) is 6.79 Å². The summed E-state index contributed by atoms with van der Waals surface area (Å²) in [4.78, 5) is 0. The Labute approximate surface area is 120 Å². The highest BCUT2D eigenvalue weighted by Crippen LogP contribution is 2.18. The molecule has 4 nitrogen and oxygen atoms in total. The number of hydrazine groups is 1. The van der Waals surface area contributed by atoms with Crippen LogP contribution in [0, 0.1) is 0 Å². The van der Waals surface area contributed by atoms with Gasteiger partial charge in [-0.25, -0.2) is 10.0 Å². The molecule has 2 aliphatic heterocycles. The molecule has 1 aromatic rings. The number of hydrogen-bond donors (Lipinski definition) is 0. The fourth-order valence-electron chi connectivity index (χ4n) is 2.74. The summed E-state index contributed by atoms with van der Waals surface area (Å²) < 4.78 is 10.6. The molecule has 0 N–H and O–H groups in total. The summed E-state index contributed by atoms with van der Waals surface area (Å²) in [5.41, 5.74) is 1.33. The molecule has 0 aromatic heterocycles. The Kier molecular flexibility index (Phi) is 4.56. The molecule has 20 heavy (non-hydrogen) atoms. The zero-order chi connectivity index (χ0) is 13.6. The minimum Gasteiger partial charge on any atom is -0.462 e. The van der Waals surface area contributed by atoms with Gasteiger partial charge >= 0.3 is 0 Å². The summed E-state index contributed by atoms with van der Waals surface area (Å²) in [6.45, 7) is 4.34. The normalized spacial score (nSPS) is 19.6. The molecule has 0 bridgehead atoms. The van der Waals surface area contributed by atoms with Crippen molar-refractivity contribution >= 4 is 0 Å². The van der Waals surface area contributed by atoms with E-state index in [-0.39, 0.29) is 0 Å². The third-order valence-corrected chi connectivity index (χ3v) is 3.81. The Morgan fingerprint density at radius 2 is 1.80 bits per heavy atom. The molecule has 1 saturated heterocycles. The average molecular weight is 274 g/mol. The summed E-state index contributed by atoms with van der Waals surface area (Å²) in [5, 5.41) is 4.84. The number of benzene rings is 1. The molecule has 2 aliphatic rings. The Hall–Kier alpha value is -1.52. The van der Waals surface area contributed by atoms with Gasteiger partial charge in [0.1, 0.15) is 6.26 Å². The largest absolute Gasteiger partial charge is 0.462 e. The maximum atomic E-state index is 5.48. The Morgan fingerprint density at radius 1 is 1.00 bits per heavy atom. The number of rotatable bonds is 5. The van der Waals surface area contributed by atoms with E-state index in [4.69, 9.17) is 9.47 Å². The molecule has 4 heteroatoms. The average Bonchev–Trinajstić information content (AvgIpc) is 3.02. The maximum absolute atomic E-state index is 5.48. The third kappa shape index (κ3) is 3.52. The summed E-state index contributed by atoms with van der Waals surface area (Å²) >= 11 is 0. The van der Waals surface area contributed by atoms with Crippen LogP contribution in [0.1, 0.15) is 24.8 Å². The second kappa shape index (κ2) is 6.77. The van der Waals surface area contributed by atoms with E-state index < -0.39 is 0 Å². The summed E-state index contributed by atoms with van der Waals surface area (Å²) in [6, 6.07) is 10.6. The number of nitrogens with zero attached hydrogens (tertiary/aromatic N) is 2. The lowest BCUT2D eigenvalue weighted by Gasteiger charge is -2.37. The molecule has 0 radical (unpaired) electrons. The van der Waals surface area contributed by atoms with Gasteiger partial charge in [-0.2, -0.15) is 0 Å². The Bertz CT molecular complexity index is 441. The van der Waals surface area contributed by atoms with Crippen molar-refractivity contribution in [3.05, 3.63) is 47.9 Å². The zero-order valence-corrected chi connectivity index (χ0v) is 11.8. The van der Waals surface area contributed by atoms with E-state index in [0.717, 1.165) is 31.9 Å². The SMILES string of the molecule is C1=C(CN(Cc2ccccc2)N2CCCCC2)OCO1. The van der Waals surface area contributed by atoms with Gasteiger partial charge in [-0.05, 0) is 18.4 Å². The number of hydrogen-bond acceptors (Lipinski definition) is 4. The molecular weight excluding hydrogens is 252 g/mol. The van der Waals surface area contributed by atoms with Crippen LogP contribution >= 0.6 is 0 Å². The van der Waals surface area contributed by atoms with Crippen molar-refractivity contribution in [2.45, 2.75) is 25.8 Å². The minimum absolute atomic E-state index is 0.356. The third-order valence-electron chi connectivity index (χ3n) is 3.81. The van der Waals surface area contributed by atoms with Gasteiger partial charge in [-0.15, -0.1) is 0 Å². The second-order valence-corrected chi connectivity index (χ2v) is 5.34. The van der Waals surface area contributed by atoms with E-state index in [0.29, 0.717) is 6.79 Å². The quantitative estimate of drug-likeness (QED) is 0.824. The highest BCUT2D eigenvalue weighted by molar-refractivity contribution is 5.14. The first kappa shape index (κ1) is 13.5. The van der Waals surface area contributed by atoms with E-state index in [2.05, 4.69) is 40.3 Å². The van der Waals surface area contributed by atoms with Crippen LogP contribution in [0.25, 0.3) is 0 Å². The first-order valence-corrected chi connectivity index (χ1v) is 7.39. The van der Waals surface area contributed by atoms with Crippen LogP contribution in [0.5, 0.6) is 0 Å². The van der Waals surface area contributed by atoms with E-state index >= 15 is 0 Å².